The summed E-state index contributed by atoms with van der Waals surface area (Å²) in [6.07, 6.45) is -2.36. The van der Waals surface area contributed by atoms with E-state index in [-0.39, 0.29) is 30.9 Å². The first-order chi connectivity index (χ1) is 10.4. The molecule has 1 aromatic rings. The maximum absolute atomic E-state index is 13.0. The molecule has 0 saturated carbocycles. The van der Waals surface area contributed by atoms with Crippen molar-refractivity contribution in [2.24, 2.45) is 5.92 Å². The maximum atomic E-state index is 13.0. The lowest BCUT2D eigenvalue weighted by atomic mass is 9.94. The molecule has 7 heteroatoms. The monoisotopic (exact) mass is 386 g/mol. The second-order valence-corrected chi connectivity index (χ2v) is 6.40. The van der Waals surface area contributed by atoms with E-state index >= 15 is 0 Å². The molecule has 1 atom stereocenters. The number of hydrogen-bond acceptors (Lipinski definition) is 2. The second kappa shape index (κ2) is 10.5. The highest BCUT2D eigenvalue weighted by molar-refractivity contribution is 5.85. The molecule has 1 fully saturated rings. The van der Waals surface area contributed by atoms with Gasteiger partial charge in [0.1, 0.15) is 0 Å². The Bertz CT molecular complexity index is 475. The predicted octanol–water partition coefficient (Wildman–Crippen LogP) is 4.93. The molecule has 1 N–H and O–H groups in total. The van der Waals surface area contributed by atoms with Crippen LogP contribution in [0.25, 0.3) is 0 Å². The van der Waals surface area contributed by atoms with Crippen LogP contribution in [-0.2, 0) is 6.18 Å². The molecule has 1 aliphatic rings. The van der Waals surface area contributed by atoms with Crippen LogP contribution in [-0.4, -0.2) is 31.1 Å². The summed E-state index contributed by atoms with van der Waals surface area (Å²) in [7, 11) is 0. The summed E-state index contributed by atoms with van der Waals surface area (Å²) >= 11 is 0. The number of nitrogens with zero attached hydrogens (tertiary/aromatic N) is 1. The van der Waals surface area contributed by atoms with E-state index in [4.69, 9.17) is 0 Å². The van der Waals surface area contributed by atoms with Crippen molar-refractivity contribution in [2.45, 2.75) is 38.9 Å². The third kappa shape index (κ3) is 6.79. The van der Waals surface area contributed by atoms with Gasteiger partial charge in [-0.3, -0.25) is 4.90 Å². The van der Waals surface area contributed by atoms with Crippen LogP contribution in [0.5, 0.6) is 0 Å². The van der Waals surface area contributed by atoms with E-state index in [0.29, 0.717) is 5.92 Å². The standard InChI is InChI=1S/C17H25F3N2.2ClH/c1-13(2)6-7-16(22-10-8-21-9-11-22)14-4-3-5-15(12-14)17(18,19)20;;/h3-5,12-13,16,21H,6-11H2,1-2H3;2*1H/t16-;;/m1../s1. The number of hydrogen-bond donors (Lipinski definition) is 1. The van der Waals surface area contributed by atoms with Gasteiger partial charge in [0, 0.05) is 32.2 Å². The summed E-state index contributed by atoms with van der Waals surface area (Å²) in [5, 5.41) is 3.30. The van der Waals surface area contributed by atoms with Gasteiger partial charge in [0.25, 0.3) is 0 Å². The van der Waals surface area contributed by atoms with Gasteiger partial charge in [-0.05, 0) is 36.5 Å². The third-order valence-electron chi connectivity index (χ3n) is 4.21. The zero-order valence-electron chi connectivity index (χ0n) is 14.1. The van der Waals surface area contributed by atoms with Gasteiger partial charge in [0.15, 0.2) is 0 Å². The minimum atomic E-state index is -4.28. The summed E-state index contributed by atoms with van der Waals surface area (Å²) in [4.78, 5) is 2.31. The van der Waals surface area contributed by atoms with Crippen molar-refractivity contribution < 1.29 is 13.2 Å². The lowest BCUT2D eigenvalue weighted by Crippen LogP contribution is -2.45. The van der Waals surface area contributed by atoms with E-state index in [2.05, 4.69) is 24.1 Å². The van der Waals surface area contributed by atoms with Crippen LogP contribution in [0.1, 0.15) is 43.9 Å². The number of halogens is 5. The molecule has 0 aliphatic carbocycles. The zero-order chi connectivity index (χ0) is 16.2. The Morgan fingerprint density at radius 2 is 1.71 bits per heavy atom. The lowest BCUT2D eigenvalue weighted by Gasteiger charge is -2.36. The molecule has 0 spiro atoms. The normalized spacial score (nSPS) is 17.1. The van der Waals surface area contributed by atoms with Crippen molar-refractivity contribution >= 4 is 24.8 Å². The number of rotatable bonds is 5. The summed E-state index contributed by atoms with van der Waals surface area (Å²) in [5.41, 5.74) is 0.243. The Balaban J connectivity index is 0.00000264. The fraction of sp³-hybridized carbons (Fsp3) is 0.647. The molecule has 1 heterocycles. The van der Waals surface area contributed by atoms with Crippen LogP contribution in [0.2, 0.25) is 0 Å². The first-order valence-electron chi connectivity index (χ1n) is 8.00. The summed E-state index contributed by atoms with van der Waals surface area (Å²) in [5.74, 6) is 0.552. The van der Waals surface area contributed by atoms with Gasteiger partial charge in [-0.1, -0.05) is 26.0 Å². The minimum absolute atomic E-state index is 0. The number of nitrogens with one attached hydrogen (secondary N) is 1. The van der Waals surface area contributed by atoms with Crippen LogP contribution in [0.15, 0.2) is 24.3 Å². The fourth-order valence-electron chi connectivity index (χ4n) is 2.97. The van der Waals surface area contributed by atoms with Crippen molar-refractivity contribution in [2.75, 3.05) is 26.2 Å². The number of benzene rings is 1. The van der Waals surface area contributed by atoms with Crippen molar-refractivity contribution in [1.82, 2.24) is 10.2 Å². The van der Waals surface area contributed by atoms with Crippen LogP contribution in [0.3, 0.4) is 0 Å². The largest absolute Gasteiger partial charge is 0.416 e. The van der Waals surface area contributed by atoms with Gasteiger partial charge < -0.3 is 5.32 Å². The lowest BCUT2D eigenvalue weighted by molar-refractivity contribution is -0.137. The van der Waals surface area contributed by atoms with Gasteiger partial charge in [-0.25, -0.2) is 0 Å². The van der Waals surface area contributed by atoms with Crippen molar-refractivity contribution in [3.05, 3.63) is 35.4 Å². The number of piperazine rings is 1. The zero-order valence-corrected chi connectivity index (χ0v) is 15.7. The van der Waals surface area contributed by atoms with E-state index in [1.807, 2.05) is 6.07 Å². The second-order valence-electron chi connectivity index (χ2n) is 6.40. The Morgan fingerprint density at radius 1 is 1.08 bits per heavy atom. The van der Waals surface area contributed by atoms with Gasteiger partial charge in [0.05, 0.1) is 5.56 Å². The molecule has 140 valence electrons. The molecule has 1 aliphatic heterocycles. The van der Waals surface area contributed by atoms with Crippen molar-refractivity contribution in [1.29, 1.82) is 0 Å². The first kappa shape index (κ1) is 23.5. The topological polar surface area (TPSA) is 15.3 Å². The fourth-order valence-corrected chi connectivity index (χ4v) is 2.97. The maximum Gasteiger partial charge on any atom is 0.416 e. The highest BCUT2D eigenvalue weighted by Gasteiger charge is 2.31. The van der Waals surface area contributed by atoms with E-state index in [1.54, 1.807) is 0 Å². The van der Waals surface area contributed by atoms with Gasteiger partial charge in [0.2, 0.25) is 0 Å². The van der Waals surface area contributed by atoms with Gasteiger partial charge in [-0.15, -0.1) is 24.8 Å². The van der Waals surface area contributed by atoms with Crippen LogP contribution in [0.4, 0.5) is 13.2 Å². The van der Waals surface area contributed by atoms with Crippen LogP contribution >= 0.6 is 24.8 Å². The first-order valence-corrected chi connectivity index (χ1v) is 8.00. The quantitative estimate of drug-likeness (QED) is 0.771. The Kier molecular flexibility index (Phi) is 10.3. The molecule has 1 aromatic carbocycles. The summed E-state index contributed by atoms with van der Waals surface area (Å²) < 4.78 is 38.9. The van der Waals surface area contributed by atoms with E-state index in [1.165, 1.54) is 12.1 Å². The molecule has 1 saturated heterocycles. The number of alkyl halides is 3. The van der Waals surface area contributed by atoms with Crippen molar-refractivity contribution in [3.8, 4) is 0 Å². The Morgan fingerprint density at radius 3 is 2.25 bits per heavy atom. The molecule has 0 unspecified atom stereocenters. The minimum Gasteiger partial charge on any atom is -0.314 e. The summed E-state index contributed by atoms with van der Waals surface area (Å²) in [6, 6.07) is 5.92. The highest BCUT2D eigenvalue weighted by atomic mass is 35.5. The highest BCUT2D eigenvalue weighted by Crippen LogP contribution is 2.34. The van der Waals surface area contributed by atoms with E-state index in [0.717, 1.165) is 50.7 Å². The molecule has 0 bridgehead atoms. The Labute approximate surface area is 155 Å². The molecule has 24 heavy (non-hydrogen) atoms. The van der Waals surface area contributed by atoms with E-state index in [9.17, 15) is 13.2 Å². The predicted molar refractivity (Wildman–Crippen MR) is 97.2 cm³/mol. The average Bonchev–Trinajstić information content (AvgIpc) is 2.48. The third-order valence-corrected chi connectivity index (χ3v) is 4.21. The van der Waals surface area contributed by atoms with Crippen LogP contribution < -0.4 is 5.32 Å². The smallest absolute Gasteiger partial charge is 0.314 e. The Hall–Kier alpha value is -0.490. The van der Waals surface area contributed by atoms with Gasteiger partial charge >= 0.3 is 6.18 Å². The molecule has 2 rings (SSSR count). The average molecular weight is 387 g/mol. The molecular weight excluding hydrogens is 360 g/mol. The summed E-state index contributed by atoms with van der Waals surface area (Å²) in [6.45, 7) is 7.88. The van der Waals surface area contributed by atoms with Gasteiger partial charge in [-0.2, -0.15) is 13.2 Å². The SMILES string of the molecule is CC(C)CC[C@H](c1cccc(C(F)(F)F)c1)N1CCNCC1.Cl.Cl. The van der Waals surface area contributed by atoms with Crippen LogP contribution in [0, 0.1) is 5.92 Å². The van der Waals surface area contributed by atoms with Crippen molar-refractivity contribution in [3.63, 3.8) is 0 Å². The molecular formula is C17H27Cl2F3N2. The molecule has 0 radical (unpaired) electrons. The van der Waals surface area contributed by atoms with E-state index < -0.39 is 11.7 Å². The molecule has 2 nitrogen and oxygen atoms in total. The molecule has 0 amide bonds. The molecule has 0 aromatic heterocycles.